The molecule has 2 rings (SSSR count). The summed E-state index contributed by atoms with van der Waals surface area (Å²) in [6.45, 7) is 3.26. The lowest BCUT2D eigenvalue weighted by Crippen LogP contribution is -2.44. The average molecular weight is 347 g/mol. The fraction of sp³-hybridized carbons (Fsp3) is 0.500. The summed E-state index contributed by atoms with van der Waals surface area (Å²) < 4.78 is 30.9. The second-order valence-electron chi connectivity index (χ2n) is 5.36. The number of sulfonamides is 1. The lowest BCUT2D eigenvalue weighted by molar-refractivity contribution is -0.0124. The first-order valence-corrected chi connectivity index (χ1v) is 8.68. The van der Waals surface area contributed by atoms with E-state index in [0.29, 0.717) is 19.7 Å². The Bertz CT molecular complexity index is 675. The molecule has 0 saturated carbocycles. The normalized spacial score (nSPS) is 19.5. The molecule has 0 N–H and O–H groups in total. The Kier molecular flexibility index (Phi) is 5.11. The zero-order valence-corrected chi connectivity index (χ0v) is 14.3. The summed E-state index contributed by atoms with van der Waals surface area (Å²) in [5.74, 6) is -0.282. The molecule has 1 atom stereocenters. The molecule has 0 bridgehead atoms. The Balaban J connectivity index is 2.37. The highest BCUT2D eigenvalue weighted by Crippen LogP contribution is 2.24. The van der Waals surface area contributed by atoms with Crippen LogP contribution in [0.2, 0.25) is 5.02 Å². The molecule has 1 saturated heterocycles. The Labute approximate surface area is 135 Å². The molecule has 1 aromatic rings. The minimum atomic E-state index is -3.61. The van der Waals surface area contributed by atoms with Crippen LogP contribution in [0.3, 0.4) is 0 Å². The van der Waals surface area contributed by atoms with Crippen LogP contribution < -0.4 is 0 Å². The Morgan fingerprint density at radius 1 is 1.41 bits per heavy atom. The lowest BCUT2D eigenvalue weighted by Gasteiger charge is -2.31. The van der Waals surface area contributed by atoms with Crippen molar-refractivity contribution in [3.05, 3.63) is 28.8 Å². The first-order valence-electron chi connectivity index (χ1n) is 6.86. The molecule has 0 radical (unpaired) electrons. The number of hydrogen-bond donors (Lipinski definition) is 0. The summed E-state index contributed by atoms with van der Waals surface area (Å²) >= 11 is 6.09. The van der Waals surface area contributed by atoms with Gasteiger partial charge in [0.05, 0.1) is 28.2 Å². The van der Waals surface area contributed by atoms with E-state index in [0.717, 1.165) is 4.31 Å². The van der Waals surface area contributed by atoms with Gasteiger partial charge in [-0.05, 0) is 25.1 Å². The number of hydrogen-bond acceptors (Lipinski definition) is 4. The number of ether oxygens (including phenoxy) is 1. The summed E-state index contributed by atoms with van der Waals surface area (Å²) in [6.07, 6.45) is -0.0508. The van der Waals surface area contributed by atoms with Gasteiger partial charge in [0.1, 0.15) is 0 Å². The van der Waals surface area contributed by atoms with E-state index >= 15 is 0 Å². The van der Waals surface area contributed by atoms with E-state index in [1.165, 1.54) is 32.3 Å². The summed E-state index contributed by atoms with van der Waals surface area (Å²) in [4.78, 5) is 14.3. The summed E-state index contributed by atoms with van der Waals surface area (Å²) in [5, 5.41) is 0.238. The van der Waals surface area contributed by atoms with E-state index < -0.39 is 10.0 Å². The van der Waals surface area contributed by atoms with Gasteiger partial charge in [-0.1, -0.05) is 11.6 Å². The lowest BCUT2D eigenvalue weighted by atomic mass is 10.1. The second kappa shape index (κ2) is 6.54. The zero-order valence-electron chi connectivity index (χ0n) is 12.7. The molecule has 6 nitrogen and oxygen atoms in total. The van der Waals surface area contributed by atoms with E-state index in [1.54, 1.807) is 4.90 Å². The topological polar surface area (TPSA) is 66.9 Å². The Morgan fingerprint density at radius 3 is 2.68 bits per heavy atom. The van der Waals surface area contributed by atoms with Crippen LogP contribution in [-0.2, 0) is 14.8 Å². The summed E-state index contributed by atoms with van der Waals surface area (Å²) in [5.41, 5.74) is 0.193. The molecule has 1 aliphatic heterocycles. The molecule has 1 amide bonds. The Morgan fingerprint density at radius 2 is 2.09 bits per heavy atom. The number of morpholine rings is 1. The first kappa shape index (κ1) is 17.2. The van der Waals surface area contributed by atoms with E-state index in [2.05, 4.69) is 0 Å². The van der Waals surface area contributed by atoms with Gasteiger partial charge in [0.15, 0.2) is 0 Å². The zero-order chi connectivity index (χ0) is 16.5. The van der Waals surface area contributed by atoms with Crippen LogP contribution in [-0.4, -0.2) is 63.4 Å². The molecule has 0 aromatic heterocycles. The summed E-state index contributed by atoms with van der Waals surface area (Å²) in [6, 6.07) is 4.17. The predicted molar refractivity (Wildman–Crippen MR) is 83.6 cm³/mol. The molecule has 122 valence electrons. The van der Waals surface area contributed by atoms with Gasteiger partial charge in [0, 0.05) is 27.2 Å². The van der Waals surface area contributed by atoms with Gasteiger partial charge in [-0.15, -0.1) is 0 Å². The van der Waals surface area contributed by atoms with Crippen LogP contribution in [0.25, 0.3) is 0 Å². The number of amides is 1. The SMILES string of the molecule is C[C@@H]1CN(C(=O)c2cc(S(=O)(=O)N(C)C)ccc2Cl)CCO1. The van der Waals surface area contributed by atoms with E-state index in [4.69, 9.17) is 16.3 Å². The van der Waals surface area contributed by atoms with Crippen molar-refractivity contribution < 1.29 is 17.9 Å². The van der Waals surface area contributed by atoms with Crippen molar-refractivity contribution in [2.24, 2.45) is 0 Å². The monoisotopic (exact) mass is 346 g/mol. The third-order valence-corrected chi connectivity index (χ3v) is 5.62. The quantitative estimate of drug-likeness (QED) is 0.830. The van der Waals surface area contributed by atoms with Crippen molar-refractivity contribution in [2.75, 3.05) is 33.8 Å². The van der Waals surface area contributed by atoms with Crippen molar-refractivity contribution in [3.63, 3.8) is 0 Å². The Hall–Kier alpha value is -1.15. The van der Waals surface area contributed by atoms with Gasteiger partial charge in [-0.3, -0.25) is 4.79 Å². The van der Waals surface area contributed by atoms with Crippen LogP contribution in [0.4, 0.5) is 0 Å². The van der Waals surface area contributed by atoms with Crippen molar-refractivity contribution in [2.45, 2.75) is 17.9 Å². The number of halogens is 1. The van der Waals surface area contributed by atoms with Crippen molar-refractivity contribution in [1.82, 2.24) is 9.21 Å². The molecular formula is C14H19ClN2O4S. The van der Waals surface area contributed by atoms with Gasteiger partial charge in [0.25, 0.3) is 5.91 Å². The highest BCUT2D eigenvalue weighted by Gasteiger charge is 2.26. The third-order valence-electron chi connectivity index (χ3n) is 3.48. The molecule has 1 fully saturated rings. The van der Waals surface area contributed by atoms with Crippen molar-refractivity contribution >= 4 is 27.5 Å². The highest BCUT2D eigenvalue weighted by molar-refractivity contribution is 7.89. The molecule has 22 heavy (non-hydrogen) atoms. The van der Waals surface area contributed by atoms with Gasteiger partial charge < -0.3 is 9.64 Å². The number of nitrogens with zero attached hydrogens (tertiary/aromatic N) is 2. The van der Waals surface area contributed by atoms with Gasteiger partial charge in [-0.25, -0.2) is 12.7 Å². The van der Waals surface area contributed by atoms with Crippen molar-refractivity contribution in [3.8, 4) is 0 Å². The average Bonchev–Trinajstić information content (AvgIpc) is 2.46. The maximum atomic E-state index is 12.6. The minimum absolute atomic E-state index is 0.0477. The van der Waals surface area contributed by atoms with Crippen LogP contribution in [0.15, 0.2) is 23.1 Å². The van der Waals surface area contributed by atoms with Crippen LogP contribution in [0.1, 0.15) is 17.3 Å². The second-order valence-corrected chi connectivity index (χ2v) is 7.92. The minimum Gasteiger partial charge on any atom is -0.375 e. The molecule has 0 unspecified atom stereocenters. The number of carbonyl (C=O) groups excluding carboxylic acids is 1. The van der Waals surface area contributed by atoms with Crippen molar-refractivity contribution in [1.29, 1.82) is 0 Å². The van der Waals surface area contributed by atoms with E-state index in [1.807, 2.05) is 6.92 Å². The molecule has 1 heterocycles. The number of benzene rings is 1. The van der Waals surface area contributed by atoms with E-state index in [9.17, 15) is 13.2 Å². The predicted octanol–water partition coefficient (Wildman–Crippen LogP) is 1.45. The first-order chi connectivity index (χ1) is 10.2. The molecule has 8 heteroatoms. The molecule has 0 spiro atoms. The fourth-order valence-electron chi connectivity index (χ4n) is 2.21. The van der Waals surface area contributed by atoms with Crippen LogP contribution in [0.5, 0.6) is 0 Å². The van der Waals surface area contributed by atoms with Gasteiger partial charge in [-0.2, -0.15) is 0 Å². The highest BCUT2D eigenvalue weighted by atomic mass is 35.5. The third kappa shape index (κ3) is 3.43. The summed E-state index contributed by atoms with van der Waals surface area (Å²) in [7, 11) is -0.733. The molecule has 1 aliphatic rings. The maximum absolute atomic E-state index is 12.6. The molecular weight excluding hydrogens is 328 g/mol. The van der Waals surface area contributed by atoms with Crippen LogP contribution in [0, 0.1) is 0 Å². The fourth-order valence-corrected chi connectivity index (χ4v) is 3.34. The van der Waals surface area contributed by atoms with Gasteiger partial charge in [0.2, 0.25) is 10.0 Å². The largest absolute Gasteiger partial charge is 0.375 e. The maximum Gasteiger partial charge on any atom is 0.255 e. The molecule has 0 aliphatic carbocycles. The van der Waals surface area contributed by atoms with Gasteiger partial charge >= 0.3 is 0 Å². The molecule has 1 aromatic carbocycles. The smallest absolute Gasteiger partial charge is 0.255 e. The standard InChI is InChI=1S/C14H19ClN2O4S/c1-10-9-17(6-7-21-10)14(18)12-8-11(4-5-13(12)15)22(19,20)16(2)3/h4-5,8,10H,6-7,9H2,1-3H3/t10-/m1/s1. The van der Waals surface area contributed by atoms with Crippen LogP contribution >= 0.6 is 11.6 Å². The van der Waals surface area contributed by atoms with E-state index in [-0.39, 0.29) is 27.5 Å². The number of rotatable bonds is 3. The number of carbonyl (C=O) groups is 1.